The van der Waals surface area contributed by atoms with Crippen molar-refractivity contribution >= 4 is 64.6 Å². The van der Waals surface area contributed by atoms with Gasteiger partial charge in [-0.2, -0.15) is 0 Å². The number of benzene rings is 3. The molecule has 3 aromatic carbocycles. The number of unbranched alkanes of at least 4 members (excludes halogenated alkanes) is 3. The van der Waals surface area contributed by atoms with Gasteiger partial charge in [-0.3, -0.25) is 0 Å². The zero-order valence-electron chi connectivity index (χ0n) is 21.7. The van der Waals surface area contributed by atoms with Crippen LogP contribution in [0, 0.1) is 0 Å². The number of nitrogens with one attached hydrogen (secondary N) is 1. The van der Waals surface area contributed by atoms with Crippen LogP contribution < -0.4 is 27.2 Å². The van der Waals surface area contributed by atoms with E-state index >= 15 is 0 Å². The summed E-state index contributed by atoms with van der Waals surface area (Å²) in [5.74, 6) is 0. The lowest BCUT2D eigenvalue weighted by atomic mass is 9.65. The van der Waals surface area contributed by atoms with E-state index in [1.807, 2.05) is 0 Å². The molecular weight excluding hydrogens is 418 g/mol. The predicted molar refractivity (Wildman–Crippen MR) is 159 cm³/mol. The summed E-state index contributed by atoms with van der Waals surface area (Å²) in [5, 5.41) is 3.49. The van der Waals surface area contributed by atoms with Gasteiger partial charge in [0, 0.05) is 16.9 Å². The quantitative estimate of drug-likeness (QED) is 0.404. The summed E-state index contributed by atoms with van der Waals surface area (Å²) in [5.41, 5.74) is 9.29. The summed E-state index contributed by atoms with van der Waals surface area (Å²) < 4.78 is 0. The highest BCUT2D eigenvalue weighted by atomic mass is 14.9. The van der Waals surface area contributed by atoms with E-state index in [1.165, 1.54) is 24.0 Å². The molecule has 3 rings (SSSR count). The second-order valence-electron chi connectivity index (χ2n) is 9.52. The normalized spacial score (nSPS) is 11.1. The summed E-state index contributed by atoms with van der Waals surface area (Å²) in [4.78, 5) is 0. The first-order chi connectivity index (χ1) is 16.9. The van der Waals surface area contributed by atoms with E-state index in [0.717, 1.165) is 67.3 Å². The maximum absolute atomic E-state index is 6.50. The van der Waals surface area contributed by atoms with Crippen LogP contribution in [-0.4, -0.2) is 31.4 Å². The number of aryl methyl sites for hydroxylation is 2. The highest BCUT2D eigenvalue weighted by molar-refractivity contribution is 6.60. The van der Waals surface area contributed by atoms with Gasteiger partial charge >= 0.3 is 0 Å². The van der Waals surface area contributed by atoms with Crippen LogP contribution in [0.3, 0.4) is 0 Å². The average molecular weight is 453 g/mol. The van der Waals surface area contributed by atoms with Gasteiger partial charge in [0.15, 0.2) is 0 Å². The molecule has 0 unspecified atom stereocenters. The molecule has 3 aromatic rings. The Labute approximate surface area is 218 Å². The van der Waals surface area contributed by atoms with Crippen molar-refractivity contribution in [1.29, 1.82) is 0 Å². The van der Waals surface area contributed by atoms with Crippen molar-refractivity contribution in [2.24, 2.45) is 0 Å². The Morgan fingerprint density at radius 1 is 0.600 bits per heavy atom. The highest BCUT2D eigenvalue weighted by Gasteiger charge is 2.15. The van der Waals surface area contributed by atoms with Crippen LogP contribution in [0.1, 0.15) is 76.0 Å². The van der Waals surface area contributed by atoms with E-state index in [1.54, 1.807) is 0 Å². The molecule has 0 amide bonds. The third kappa shape index (κ3) is 6.69. The summed E-state index contributed by atoms with van der Waals surface area (Å²) in [6.45, 7) is 6.58. The highest BCUT2D eigenvalue weighted by Crippen LogP contribution is 2.32. The van der Waals surface area contributed by atoms with Gasteiger partial charge < -0.3 is 5.32 Å². The molecular formula is C30H35B4N. The first-order valence-electron chi connectivity index (χ1n) is 13.1. The van der Waals surface area contributed by atoms with Crippen molar-refractivity contribution < 1.29 is 0 Å². The van der Waals surface area contributed by atoms with Crippen LogP contribution in [0.2, 0.25) is 0 Å². The summed E-state index contributed by atoms with van der Waals surface area (Å²) >= 11 is 0. The molecule has 0 fully saturated rings. The Morgan fingerprint density at radius 2 is 1.11 bits per heavy atom. The van der Waals surface area contributed by atoms with E-state index in [2.05, 4.69) is 68.6 Å². The SMILES string of the molecule is [B]c1c([B])c(Nc2ccc(CCCC)cc2-c2ccc(CCCC)cc2)c([B])c([B])c1CCCC. The van der Waals surface area contributed by atoms with Crippen molar-refractivity contribution in [1.82, 2.24) is 0 Å². The minimum Gasteiger partial charge on any atom is -0.356 e. The van der Waals surface area contributed by atoms with Gasteiger partial charge in [0.05, 0.1) is 0 Å². The zero-order valence-corrected chi connectivity index (χ0v) is 21.7. The first-order valence-corrected chi connectivity index (χ1v) is 13.1. The van der Waals surface area contributed by atoms with E-state index in [0.29, 0.717) is 27.5 Å². The fourth-order valence-corrected chi connectivity index (χ4v) is 4.48. The minimum absolute atomic E-state index is 0.457. The lowest BCUT2D eigenvalue weighted by molar-refractivity contribution is 0.795. The van der Waals surface area contributed by atoms with Gasteiger partial charge in [0.2, 0.25) is 0 Å². The molecule has 1 N–H and O–H groups in total. The molecule has 172 valence electrons. The number of hydrogen-bond donors (Lipinski definition) is 1. The molecule has 0 saturated heterocycles. The third-order valence-electron chi connectivity index (χ3n) is 6.80. The smallest absolute Gasteiger partial charge is 0.115 e. The predicted octanol–water partition coefficient (Wildman–Crippen LogP) is 4.30. The van der Waals surface area contributed by atoms with E-state index in [4.69, 9.17) is 31.4 Å². The average Bonchev–Trinajstić information content (AvgIpc) is 2.88. The van der Waals surface area contributed by atoms with Gasteiger partial charge in [0.1, 0.15) is 31.4 Å². The lowest BCUT2D eigenvalue weighted by Gasteiger charge is -2.24. The number of hydrogen-bond acceptors (Lipinski definition) is 1. The van der Waals surface area contributed by atoms with Crippen LogP contribution in [-0.2, 0) is 19.3 Å². The number of rotatable bonds is 12. The van der Waals surface area contributed by atoms with Crippen molar-refractivity contribution in [2.45, 2.75) is 78.6 Å². The maximum Gasteiger partial charge on any atom is 0.115 e. The molecule has 0 aliphatic carbocycles. The van der Waals surface area contributed by atoms with Crippen molar-refractivity contribution in [3.8, 4) is 11.1 Å². The van der Waals surface area contributed by atoms with Crippen molar-refractivity contribution in [2.75, 3.05) is 5.32 Å². The minimum atomic E-state index is 0.457. The third-order valence-corrected chi connectivity index (χ3v) is 6.80. The fraction of sp³-hybridized carbons (Fsp3) is 0.400. The van der Waals surface area contributed by atoms with Crippen molar-refractivity contribution in [3.05, 3.63) is 59.2 Å². The molecule has 0 aliphatic rings. The Kier molecular flexibility index (Phi) is 10.3. The molecule has 0 atom stereocenters. The van der Waals surface area contributed by atoms with Gasteiger partial charge in [-0.15, -0.1) is 0 Å². The van der Waals surface area contributed by atoms with Gasteiger partial charge in [-0.05, 0) is 67.3 Å². The largest absolute Gasteiger partial charge is 0.356 e. The standard InChI is InChI=1S/C30H35B4N/c1-4-7-10-20-13-16-22(17-14-20)24-19-21(11-8-5-2)15-18-25(24)35-30-28(33)26(31)23(12-9-6-3)27(32)29(30)34/h13-19,35H,4-12H2,1-3H3. The van der Waals surface area contributed by atoms with E-state index < -0.39 is 0 Å². The van der Waals surface area contributed by atoms with Gasteiger partial charge in [-0.1, -0.05) is 97.8 Å². The molecule has 0 heterocycles. The Balaban J connectivity index is 2.03. The summed E-state index contributed by atoms with van der Waals surface area (Å²) in [7, 11) is 25.9. The zero-order chi connectivity index (χ0) is 25.4. The Hall–Kier alpha value is -2.28. The van der Waals surface area contributed by atoms with Crippen LogP contribution in [0.15, 0.2) is 42.5 Å². The molecule has 5 heteroatoms. The second-order valence-corrected chi connectivity index (χ2v) is 9.52. The molecule has 1 nitrogen and oxygen atoms in total. The second kappa shape index (κ2) is 13.1. The van der Waals surface area contributed by atoms with Gasteiger partial charge in [-0.25, -0.2) is 0 Å². The van der Waals surface area contributed by atoms with Crippen molar-refractivity contribution in [3.63, 3.8) is 0 Å². The molecule has 8 radical (unpaired) electrons. The molecule has 0 aromatic heterocycles. The molecule has 35 heavy (non-hydrogen) atoms. The first kappa shape index (κ1) is 27.3. The van der Waals surface area contributed by atoms with E-state index in [9.17, 15) is 0 Å². The van der Waals surface area contributed by atoms with Crippen LogP contribution in [0.5, 0.6) is 0 Å². The Bertz CT molecular complexity index is 1090. The fourth-order valence-electron chi connectivity index (χ4n) is 4.48. The summed E-state index contributed by atoms with van der Waals surface area (Å²) in [6, 6.07) is 15.4. The maximum atomic E-state index is 6.50. The molecule has 0 bridgehead atoms. The van der Waals surface area contributed by atoms with E-state index in [-0.39, 0.29) is 0 Å². The van der Waals surface area contributed by atoms with Crippen LogP contribution in [0.25, 0.3) is 11.1 Å². The molecule has 0 aliphatic heterocycles. The summed E-state index contributed by atoms with van der Waals surface area (Å²) in [6.07, 6.45) is 9.68. The van der Waals surface area contributed by atoms with Gasteiger partial charge in [0.25, 0.3) is 0 Å². The number of anilines is 2. The monoisotopic (exact) mass is 453 g/mol. The molecule has 0 saturated carbocycles. The lowest BCUT2D eigenvalue weighted by Crippen LogP contribution is -2.46. The Morgan fingerprint density at radius 3 is 1.69 bits per heavy atom. The van der Waals surface area contributed by atoms with Crippen LogP contribution >= 0.6 is 0 Å². The topological polar surface area (TPSA) is 12.0 Å². The molecule has 0 spiro atoms. The van der Waals surface area contributed by atoms with Crippen LogP contribution in [0.4, 0.5) is 11.4 Å².